The number of rotatable bonds is 6. The standard InChI is InChI=1S/C21H19N3O4/c1-14-11-15(7-8-17(14)22-3)12-20(25)21(2,26)13-23-10-9-16-18(23)5-4-6-19(16)24(27)28/h4-11,26H,12-13H2,1-2H3/t21-/m0/s1. The van der Waals surface area contributed by atoms with Crippen molar-refractivity contribution < 1.29 is 14.8 Å². The normalized spacial score (nSPS) is 13.1. The lowest BCUT2D eigenvalue weighted by atomic mass is 9.94. The third kappa shape index (κ3) is 3.63. The van der Waals surface area contributed by atoms with Crippen molar-refractivity contribution in [3.8, 4) is 0 Å². The van der Waals surface area contributed by atoms with E-state index in [1.54, 1.807) is 54.1 Å². The van der Waals surface area contributed by atoms with E-state index in [2.05, 4.69) is 4.85 Å². The van der Waals surface area contributed by atoms with Gasteiger partial charge in [0.1, 0.15) is 5.60 Å². The van der Waals surface area contributed by atoms with E-state index in [-0.39, 0.29) is 24.4 Å². The lowest BCUT2D eigenvalue weighted by Gasteiger charge is -2.23. The molecule has 142 valence electrons. The van der Waals surface area contributed by atoms with Gasteiger partial charge in [-0.25, -0.2) is 4.85 Å². The molecular formula is C21H19N3O4. The van der Waals surface area contributed by atoms with E-state index in [1.165, 1.54) is 13.0 Å². The summed E-state index contributed by atoms with van der Waals surface area (Å²) in [6.07, 6.45) is 1.67. The molecule has 1 aromatic heterocycles. The predicted octanol–water partition coefficient (Wildman–Crippen LogP) is 3.97. The number of aromatic nitrogens is 1. The number of hydrogen-bond acceptors (Lipinski definition) is 4. The number of benzene rings is 2. The molecule has 7 heteroatoms. The maximum absolute atomic E-state index is 12.7. The van der Waals surface area contributed by atoms with E-state index in [1.807, 2.05) is 0 Å². The number of carbonyl (C=O) groups is 1. The molecule has 0 saturated carbocycles. The van der Waals surface area contributed by atoms with Crippen molar-refractivity contribution in [1.82, 2.24) is 4.57 Å². The van der Waals surface area contributed by atoms with Crippen LogP contribution in [0.1, 0.15) is 18.1 Å². The van der Waals surface area contributed by atoms with Crippen molar-refractivity contribution in [1.29, 1.82) is 0 Å². The number of ketones is 1. The Morgan fingerprint density at radius 3 is 2.71 bits per heavy atom. The summed E-state index contributed by atoms with van der Waals surface area (Å²) in [7, 11) is 0. The molecule has 28 heavy (non-hydrogen) atoms. The van der Waals surface area contributed by atoms with Crippen LogP contribution in [0, 0.1) is 23.6 Å². The molecule has 0 aliphatic carbocycles. The number of aliphatic hydroxyl groups is 1. The minimum Gasteiger partial charge on any atom is -0.380 e. The van der Waals surface area contributed by atoms with Gasteiger partial charge in [-0.3, -0.25) is 14.9 Å². The largest absolute Gasteiger partial charge is 0.380 e. The summed E-state index contributed by atoms with van der Waals surface area (Å²) in [6.45, 7) is 10.3. The van der Waals surface area contributed by atoms with Gasteiger partial charge in [0.15, 0.2) is 11.5 Å². The van der Waals surface area contributed by atoms with Gasteiger partial charge >= 0.3 is 0 Å². The zero-order valence-corrected chi connectivity index (χ0v) is 15.5. The maximum atomic E-state index is 12.7. The molecule has 3 rings (SSSR count). The van der Waals surface area contributed by atoms with E-state index in [0.717, 1.165) is 11.1 Å². The Balaban J connectivity index is 1.83. The Kier molecular flexibility index (Phi) is 4.99. The zero-order valence-electron chi connectivity index (χ0n) is 15.5. The first-order valence-electron chi connectivity index (χ1n) is 8.68. The third-order valence-corrected chi connectivity index (χ3v) is 4.81. The Morgan fingerprint density at radius 1 is 1.32 bits per heavy atom. The van der Waals surface area contributed by atoms with Gasteiger partial charge in [0.2, 0.25) is 0 Å². The number of hydrogen-bond donors (Lipinski definition) is 1. The Morgan fingerprint density at radius 2 is 2.07 bits per heavy atom. The first-order chi connectivity index (χ1) is 13.2. The highest BCUT2D eigenvalue weighted by Gasteiger charge is 2.31. The van der Waals surface area contributed by atoms with E-state index >= 15 is 0 Å². The topological polar surface area (TPSA) is 89.7 Å². The molecule has 0 amide bonds. The van der Waals surface area contributed by atoms with Gasteiger partial charge in [0, 0.05) is 18.7 Å². The van der Waals surface area contributed by atoms with Gasteiger partial charge in [-0.05, 0) is 37.1 Å². The molecule has 0 aliphatic rings. The summed E-state index contributed by atoms with van der Waals surface area (Å²) in [5, 5.41) is 22.4. The number of fused-ring (bicyclic) bond motifs is 1. The molecule has 0 bridgehead atoms. The Labute approximate surface area is 161 Å². The average molecular weight is 377 g/mol. The minimum atomic E-state index is -1.65. The zero-order chi connectivity index (χ0) is 20.5. The average Bonchev–Trinajstić information content (AvgIpc) is 3.04. The van der Waals surface area contributed by atoms with Gasteiger partial charge in [-0.1, -0.05) is 24.3 Å². The molecule has 0 fully saturated rings. The fraction of sp³-hybridized carbons (Fsp3) is 0.238. The van der Waals surface area contributed by atoms with Crippen LogP contribution in [0.3, 0.4) is 0 Å². The highest BCUT2D eigenvalue weighted by atomic mass is 16.6. The second-order valence-corrected chi connectivity index (χ2v) is 7.02. The van der Waals surface area contributed by atoms with Crippen molar-refractivity contribution in [3.05, 3.63) is 81.3 Å². The second kappa shape index (κ2) is 7.25. The second-order valence-electron chi connectivity index (χ2n) is 7.02. The smallest absolute Gasteiger partial charge is 0.278 e. The SMILES string of the molecule is [C-]#[N+]c1ccc(CC(=O)[C@@](C)(O)Cn2ccc3c([N+](=O)[O-])cccc32)cc1C. The molecule has 0 radical (unpaired) electrons. The van der Waals surface area contributed by atoms with E-state index in [9.17, 15) is 20.0 Å². The van der Waals surface area contributed by atoms with Crippen molar-refractivity contribution in [2.24, 2.45) is 0 Å². The van der Waals surface area contributed by atoms with Gasteiger partial charge in [0.25, 0.3) is 5.69 Å². The van der Waals surface area contributed by atoms with Crippen molar-refractivity contribution >= 4 is 28.1 Å². The van der Waals surface area contributed by atoms with E-state index in [4.69, 9.17) is 6.57 Å². The molecule has 7 nitrogen and oxygen atoms in total. The van der Waals surface area contributed by atoms with Crippen LogP contribution in [0.15, 0.2) is 48.7 Å². The highest BCUT2D eigenvalue weighted by molar-refractivity contribution is 5.91. The molecule has 0 spiro atoms. The number of aryl methyl sites for hydroxylation is 1. The van der Waals surface area contributed by atoms with Gasteiger partial charge in [-0.15, -0.1) is 0 Å². The Bertz CT molecular complexity index is 1120. The van der Waals surface area contributed by atoms with Gasteiger partial charge < -0.3 is 9.67 Å². The van der Waals surface area contributed by atoms with Crippen LogP contribution < -0.4 is 0 Å². The number of non-ortho nitro benzene ring substituents is 1. The van der Waals surface area contributed by atoms with E-state index < -0.39 is 10.5 Å². The van der Waals surface area contributed by atoms with E-state index in [0.29, 0.717) is 16.6 Å². The lowest BCUT2D eigenvalue weighted by molar-refractivity contribution is -0.383. The van der Waals surface area contributed by atoms with Crippen LogP contribution in [0.2, 0.25) is 0 Å². The first kappa shape index (κ1) is 19.3. The fourth-order valence-corrected chi connectivity index (χ4v) is 3.25. The molecule has 1 atom stereocenters. The monoisotopic (exact) mass is 377 g/mol. The van der Waals surface area contributed by atoms with Crippen molar-refractivity contribution in [3.63, 3.8) is 0 Å². The van der Waals surface area contributed by atoms with Gasteiger partial charge in [-0.2, -0.15) is 0 Å². The van der Waals surface area contributed by atoms with Crippen LogP contribution in [0.5, 0.6) is 0 Å². The van der Waals surface area contributed by atoms with Crippen LogP contribution in [0.4, 0.5) is 11.4 Å². The van der Waals surface area contributed by atoms with Crippen molar-refractivity contribution in [2.75, 3.05) is 0 Å². The van der Waals surface area contributed by atoms with Crippen LogP contribution in [-0.2, 0) is 17.8 Å². The summed E-state index contributed by atoms with van der Waals surface area (Å²) in [5.41, 5.74) is 0.954. The summed E-state index contributed by atoms with van der Waals surface area (Å²) >= 11 is 0. The number of nitro groups is 1. The molecule has 0 saturated heterocycles. The molecule has 2 aromatic carbocycles. The summed E-state index contributed by atoms with van der Waals surface area (Å²) in [4.78, 5) is 26.8. The third-order valence-electron chi connectivity index (χ3n) is 4.81. The predicted molar refractivity (Wildman–Crippen MR) is 105 cm³/mol. The quantitative estimate of drug-likeness (QED) is 0.400. The van der Waals surface area contributed by atoms with Crippen LogP contribution in [0.25, 0.3) is 15.7 Å². The number of nitrogens with zero attached hydrogens (tertiary/aromatic N) is 3. The molecule has 3 aromatic rings. The number of carbonyl (C=O) groups excluding carboxylic acids is 1. The summed E-state index contributed by atoms with van der Waals surface area (Å²) in [6, 6.07) is 11.5. The molecular weight excluding hydrogens is 358 g/mol. The summed E-state index contributed by atoms with van der Waals surface area (Å²) in [5.74, 6) is -0.366. The van der Waals surface area contributed by atoms with Crippen LogP contribution >= 0.6 is 0 Å². The Hall–Kier alpha value is -3.50. The fourth-order valence-electron chi connectivity index (χ4n) is 3.25. The summed E-state index contributed by atoms with van der Waals surface area (Å²) < 4.78 is 1.65. The molecule has 1 N–H and O–H groups in total. The first-order valence-corrected chi connectivity index (χ1v) is 8.68. The molecule has 1 heterocycles. The van der Waals surface area contributed by atoms with Crippen molar-refractivity contribution in [2.45, 2.75) is 32.4 Å². The lowest BCUT2D eigenvalue weighted by Crippen LogP contribution is -2.40. The molecule has 0 unspecified atom stereocenters. The number of Topliss-reactive ketones (excluding diaryl/α,β-unsaturated/α-hetero) is 1. The molecule has 0 aliphatic heterocycles. The van der Waals surface area contributed by atoms with Crippen LogP contribution in [-0.4, -0.2) is 26.0 Å². The van der Waals surface area contributed by atoms with Gasteiger partial charge in [0.05, 0.1) is 28.9 Å². The highest BCUT2D eigenvalue weighted by Crippen LogP contribution is 2.28. The maximum Gasteiger partial charge on any atom is 0.278 e. The number of nitro benzene ring substituents is 1. The minimum absolute atomic E-state index is 0.0161.